The van der Waals surface area contributed by atoms with E-state index in [-0.39, 0.29) is 37.1 Å². The molecule has 0 aliphatic carbocycles. The SMILES string of the molecule is CC(C)C(NC(=O)C(CCCN=C(N)N)NC(=O)C(CS)NC(=O)C(N)CCCN=C(N)N)C(=O)O. The zero-order chi connectivity index (χ0) is 27.8. The van der Waals surface area contributed by atoms with E-state index in [9.17, 15) is 24.3 Å². The first kappa shape index (κ1) is 32.7. The van der Waals surface area contributed by atoms with E-state index < -0.39 is 53.8 Å². The Bertz CT molecular complexity index is 800. The summed E-state index contributed by atoms with van der Waals surface area (Å²) in [6.07, 6.45) is 1.14. The number of carboxylic acid groups (broad SMARTS) is 1. The van der Waals surface area contributed by atoms with Gasteiger partial charge in [-0.3, -0.25) is 24.4 Å². The average Bonchev–Trinajstić information content (AvgIpc) is 2.78. The molecule has 206 valence electrons. The average molecular weight is 533 g/mol. The molecule has 15 nitrogen and oxygen atoms in total. The van der Waals surface area contributed by atoms with Gasteiger partial charge >= 0.3 is 5.97 Å². The fraction of sp³-hybridized carbons (Fsp3) is 0.700. The molecule has 0 rings (SSSR count). The van der Waals surface area contributed by atoms with Crippen molar-refractivity contribution in [2.45, 2.75) is 63.7 Å². The Kier molecular flexibility index (Phi) is 15.6. The van der Waals surface area contributed by atoms with Gasteiger partial charge in [-0.05, 0) is 31.6 Å². The molecule has 0 aromatic heterocycles. The number of nitrogens with zero attached hydrogens (tertiary/aromatic N) is 2. The Labute approximate surface area is 215 Å². The van der Waals surface area contributed by atoms with Crippen LogP contribution in [0.2, 0.25) is 0 Å². The number of carboxylic acids is 1. The fourth-order valence-corrected chi connectivity index (χ4v) is 3.19. The lowest BCUT2D eigenvalue weighted by Crippen LogP contribution is -2.58. The highest BCUT2D eigenvalue weighted by atomic mass is 32.1. The van der Waals surface area contributed by atoms with Crippen LogP contribution in [0.5, 0.6) is 0 Å². The molecular weight excluding hydrogens is 492 g/mol. The number of guanidine groups is 2. The monoisotopic (exact) mass is 532 g/mol. The van der Waals surface area contributed by atoms with Crippen LogP contribution in [-0.4, -0.2) is 83.7 Å². The van der Waals surface area contributed by atoms with Gasteiger partial charge in [0.25, 0.3) is 0 Å². The predicted octanol–water partition coefficient (Wildman–Crippen LogP) is -3.45. The maximum absolute atomic E-state index is 12.9. The fourth-order valence-electron chi connectivity index (χ4n) is 2.94. The summed E-state index contributed by atoms with van der Waals surface area (Å²) in [6, 6.07) is -4.29. The van der Waals surface area contributed by atoms with Crippen molar-refractivity contribution in [1.82, 2.24) is 16.0 Å². The second-order valence-corrected chi connectivity index (χ2v) is 8.74. The number of nitrogens with one attached hydrogen (secondary N) is 3. The molecule has 16 heteroatoms. The Hall–Kier alpha value is -3.27. The summed E-state index contributed by atoms with van der Waals surface area (Å²) in [7, 11) is 0. The van der Waals surface area contributed by atoms with Gasteiger partial charge in [0.05, 0.1) is 6.04 Å². The Morgan fingerprint density at radius 3 is 1.72 bits per heavy atom. The topological polar surface area (TPSA) is 279 Å². The molecule has 0 radical (unpaired) electrons. The van der Waals surface area contributed by atoms with Crippen molar-refractivity contribution in [3.63, 3.8) is 0 Å². The summed E-state index contributed by atoms with van der Waals surface area (Å²) < 4.78 is 0. The van der Waals surface area contributed by atoms with Crippen molar-refractivity contribution in [1.29, 1.82) is 0 Å². The van der Waals surface area contributed by atoms with Crippen molar-refractivity contribution < 1.29 is 24.3 Å². The van der Waals surface area contributed by atoms with Crippen LogP contribution in [0.4, 0.5) is 0 Å². The van der Waals surface area contributed by atoms with Crippen LogP contribution in [0.3, 0.4) is 0 Å². The van der Waals surface area contributed by atoms with Crippen LogP contribution in [0, 0.1) is 5.92 Å². The van der Waals surface area contributed by atoms with E-state index in [1.54, 1.807) is 13.8 Å². The van der Waals surface area contributed by atoms with Gasteiger partial charge in [0.2, 0.25) is 17.7 Å². The lowest BCUT2D eigenvalue weighted by atomic mass is 10.0. The normalized spacial score (nSPS) is 14.0. The number of aliphatic carboxylic acids is 1. The lowest BCUT2D eigenvalue weighted by molar-refractivity contribution is -0.143. The van der Waals surface area contributed by atoms with Gasteiger partial charge in [0.15, 0.2) is 11.9 Å². The number of aliphatic imine (C=N–C) groups is 2. The second kappa shape index (κ2) is 17.2. The smallest absolute Gasteiger partial charge is 0.326 e. The number of thiol groups is 1. The van der Waals surface area contributed by atoms with E-state index in [1.165, 1.54) is 0 Å². The number of rotatable bonds is 17. The summed E-state index contributed by atoms with van der Waals surface area (Å²) >= 11 is 4.11. The molecule has 0 aromatic rings. The van der Waals surface area contributed by atoms with Gasteiger partial charge in [0, 0.05) is 18.8 Å². The Morgan fingerprint density at radius 2 is 1.28 bits per heavy atom. The molecule has 0 saturated heterocycles. The summed E-state index contributed by atoms with van der Waals surface area (Å²) in [5, 5.41) is 16.9. The Morgan fingerprint density at radius 1 is 0.806 bits per heavy atom. The minimum Gasteiger partial charge on any atom is -0.480 e. The predicted molar refractivity (Wildman–Crippen MR) is 140 cm³/mol. The third-order valence-electron chi connectivity index (χ3n) is 4.93. The third kappa shape index (κ3) is 13.6. The van der Waals surface area contributed by atoms with E-state index >= 15 is 0 Å². The molecule has 14 N–H and O–H groups in total. The number of hydrogen-bond donors (Lipinski definition) is 10. The third-order valence-corrected chi connectivity index (χ3v) is 5.29. The van der Waals surface area contributed by atoms with Gasteiger partial charge in [0.1, 0.15) is 18.1 Å². The first-order valence-corrected chi connectivity index (χ1v) is 12.0. The van der Waals surface area contributed by atoms with E-state index in [0.29, 0.717) is 19.4 Å². The first-order chi connectivity index (χ1) is 16.8. The van der Waals surface area contributed by atoms with Gasteiger partial charge in [-0.15, -0.1) is 0 Å². The van der Waals surface area contributed by atoms with Crippen LogP contribution in [-0.2, 0) is 19.2 Å². The number of amides is 3. The maximum atomic E-state index is 12.9. The van der Waals surface area contributed by atoms with Crippen molar-refractivity contribution in [2.75, 3.05) is 18.8 Å². The number of carbonyl (C=O) groups excluding carboxylic acids is 3. The van der Waals surface area contributed by atoms with E-state index in [0.717, 1.165) is 0 Å². The molecule has 0 aliphatic rings. The zero-order valence-electron chi connectivity index (χ0n) is 20.6. The van der Waals surface area contributed by atoms with Crippen molar-refractivity contribution in [3.05, 3.63) is 0 Å². The quantitative estimate of drug-likeness (QED) is 0.0382. The molecule has 0 aromatic carbocycles. The zero-order valence-corrected chi connectivity index (χ0v) is 21.5. The van der Waals surface area contributed by atoms with Crippen LogP contribution in [0.25, 0.3) is 0 Å². The molecule has 0 fully saturated rings. The summed E-state index contributed by atoms with van der Waals surface area (Å²) in [4.78, 5) is 57.2. The molecular formula is C20H40N10O5S. The summed E-state index contributed by atoms with van der Waals surface area (Å²) in [5.74, 6) is -3.86. The van der Waals surface area contributed by atoms with Crippen molar-refractivity contribution in [2.24, 2.45) is 44.6 Å². The summed E-state index contributed by atoms with van der Waals surface area (Å²) in [6.45, 7) is 3.76. The highest BCUT2D eigenvalue weighted by Crippen LogP contribution is 2.06. The second-order valence-electron chi connectivity index (χ2n) is 8.38. The molecule has 4 atom stereocenters. The van der Waals surface area contributed by atoms with Crippen molar-refractivity contribution in [3.8, 4) is 0 Å². The van der Waals surface area contributed by atoms with E-state index in [4.69, 9.17) is 28.7 Å². The molecule has 3 amide bonds. The highest BCUT2D eigenvalue weighted by Gasteiger charge is 2.30. The van der Waals surface area contributed by atoms with Gasteiger partial charge in [-0.2, -0.15) is 12.6 Å². The van der Waals surface area contributed by atoms with Crippen LogP contribution in [0.15, 0.2) is 9.98 Å². The molecule has 4 unspecified atom stereocenters. The molecule has 36 heavy (non-hydrogen) atoms. The molecule has 0 spiro atoms. The number of carbonyl (C=O) groups is 4. The highest BCUT2D eigenvalue weighted by molar-refractivity contribution is 7.80. The van der Waals surface area contributed by atoms with Gasteiger partial charge < -0.3 is 49.7 Å². The van der Waals surface area contributed by atoms with Gasteiger partial charge in [-0.25, -0.2) is 4.79 Å². The van der Waals surface area contributed by atoms with Gasteiger partial charge in [-0.1, -0.05) is 13.8 Å². The standard InChI is InChI=1S/C20H40N10O5S/c1-10(2)14(18(34)35)30-16(32)12(6-4-8-27-20(24)25)28-17(33)13(9-36)29-15(31)11(21)5-3-7-26-19(22)23/h10-14,36H,3-9,21H2,1-2H3,(H,28,33)(H,29,31)(H,30,32)(H,34,35)(H4,22,23,26)(H4,24,25,27). The molecule has 0 saturated carbocycles. The number of hydrogen-bond acceptors (Lipinski definition) is 8. The van der Waals surface area contributed by atoms with Crippen molar-refractivity contribution >= 4 is 48.2 Å². The van der Waals surface area contributed by atoms with Crippen LogP contribution < -0.4 is 44.6 Å². The Balaban J connectivity index is 5.28. The van der Waals surface area contributed by atoms with E-state index in [2.05, 4.69) is 38.6 Å². The molecule has 0 heterocycles. The molecule has 0 bridgehead atoms. The van der Waals surface area contributed by atoms with Crippen LogP contribution in [0.1, 0.15) is 39.5 Å². The largest absolute Gasteiger partial charge is 0.480 e. The minimum atomic E-state index is -1.21. The first-order valence-electron chi connectivity index (χ1n) is 11.4. The van der Waals surface area contributed by atoms with Crippen LogP contribution >= 0.6 is 12.6 Å². The minimum absolute atomic E-state index is 0.0696. The lowest BCUT2D eigenvalue weighted by Gasteiger charge is -2.25. The molecule has 0 aliphatic heterocycles. The summed E-state index contributed by atoms with van der Waals surface area (Å²) in [5.41, 5.74) is 27.0. The van der Waals surface area contributed by atoms with E-state index in [1.807, 2.05) is 0 Å². The number of nitrogens with two attached hydrogens (primary N) is 5. The maximum Gasteiger partial charge on any atom is 0.326 e.